The molecule has 0 spiro atoms. The fraction of sp³-hybridized carbons (Fsp3) is 0.429. The molecular weight excluding hydrogens is 344 g/mol. The van der Waals surface area contributed by atoms with Crippen LogP contribution >= 0.6 is 11.6 Å². The van der Waals surface area contributed by atoms with Crippen LogP contribution in [0.3, 0.4) is 0 Å². The highest BCUT2D eigenvalue weighted by Gasteiger charge is 2.23. The van der Waals surface area contributed by atoms with Crippen molar-refractivity contribution in [2.24, 2.45) is 0 Å². The Hall–Kier alpha value is -1.64. The molecule has 9 heteroatoms. The van der Waals surface area contributed by atoms with Gasteiger partial charge in [0.2, 0.25) is 10.0 Å². The number of benzene rings is 1. The van der Waals surface area contributed by atoms with E-state index in [1.165, 1.54) is 31.2 Å². The van der Waals surface area contributed by atoms with Crippen molar-refractivity contribution in [3.63, 3.8) is 0 Å². The second-order valence-electron chi connectivity index (χ2n) is 4.76. The standard InChI is InChI=1S/C14H19ClN2O5S/c1-3-7-16-13(18)9-22-14(19)10(2)17-23(20,21)12-6-4-5-11(15)8-12/h4-6,8,10,17H,3,7,9H2,1-2H3,(H,16,18)/t10-/m0/s1. The number of sulfonamides is 1. The van der Waals surface area contributed by atoms with Gasteiger partial charge in [-0.2, -0.15) is 4.72 Å². The van der Waals surface area contributed by atoms with Crippen molar-refractivity contribution in [3.8, 4) is 0 Å². The van der Waals surface area contributed by atoms with E-state index >= 15 is 0 Å². The van der Waals surface area contributed by atoms with Gasteiger partial charge >= 0.3 is 5.97 Å². The van der Waals surface area contributed by atoms with Crippen LogP contribution in [0.4, 0.5) is 0 Å². The second-order valence-corrected chi connectivity index (χ2v) is 6.91. The molecule has 0 unspecified atom stereocenters. The van der Waals surface area contributed by atoms with Crippen LogP contribution in [0.15, 0.2) is 29.2 Å². The molecule has 0 aliphatic rings. The molecule has 0 fully saturated rings. The molecule has 1 amide bonds. The van der Waals surface area contributed by atoms with E-state index in [2.05, 4.69) is 10.0 Å². The Balaban J connectivity index is 2.59. The molecule has 0 aromatic heterocycles. The molecule has 128 valence electrons. The third-order valence-corrected chi connectivity index (χ3v) is 4.48. The molecule has 0 saturated carbocycles. The minimum Gasteiger partial charge on any atom is -0.454 e. The first-order valence-corrected chi connectivity index (χ1v) is 8.83. The van der Waals surface area contributed by atoms with Crippen LogP contribution in [0.25, 0.3) is 0 Å². The monoisotopic (exact) mass is 362 g/mol. The van der Waals surface area contributed by atoms with Crippen molar-refractivity contribution in [1.82, 2.24) is 10.0 Å². The van der Waals surface area contributed by atoms with E-state index in [-0.39, 0.29) is 9.92 Å². The van der Waals surface area contributed by atoms with E-state index in [1.807, 2.05) is 6.92 Å². The Morgan fingerprint density at radius 3 is 2.65 bits per heavy atom. The Kier molecular flexibility index (Phi) is 7.47. The molecule has 0 saturated heterocycles. The zero-order valence-corrected chi connectivity index (χ0v) is 14.4. The lowest BCUT2D eigenvalue weighted by Crippen LogP contribution is -2.41. The van der Waals surface area contributed by atoms with Crippen LogP contribution in [0, 0.1) is 0 Å². The first kappa shape index (κ1) is 19.4. The number of esters is 1. The van der Waals surface area contributed by atoms with Gasteiger partial charge in [0.15, 0.2) is 6.61 Å². The number of hydrogen-bond donors (Lipinski definition) is 2. The van der Waals surface area contributed by atoms with E-state index in [1.54, 1.807) is 0 Å². The predicted molar refractivity (Wildman–Crippen MR) is 85.5 cm³/mol. The summed E-state index contributed by atoms with van der Waals surface area (Å²) in [4.78, 5) is 23.0. The highest BCUT2D eigenvalue weighted by Crippen LogP contribution is 2.15. The predicted octanol–water partition coefficient (Wildman–Crippen LogP) is 1.08. The smallest absolute Gasteiger partial charge is 0.324 e. The van der Waals surface area contributed by atoms with Crippen molar-refractivity contribution < 1.29 is 22.7 Å². The summed E-state index contributed by atoms with van der Waals surface area (Å²) < 4.78 is 31.2. The zero-order chi connectivity index (χ0) is 17.5. The molecule has 2 N–H and O–H groups in total. The summed E-state index contributed by atoms with van der Waals surface area (Å²) in [6.07, 6.45) is 0.759. The number of halogens is 1. The number of carbonyl (C=O) groups excluding carboxylic acids is 2. The summed E-state index contributed by atoms with van der Waals surface area (Å²) in [5, 5.41) is 2.80. The van der Waals surface area contributed by atoms with Crippen LogP contribution in [-0.2, 0) is 24.3 Å². The van der Waals surface area contributed by atoms with E-state index in [9.17, 15) is 18.0 Å². The maximum Gasteiger partial charge on any atom is 0.324 e. The van der Waals surface area contributed by atoms with Gasteiger partial charge in [-0.05, 0) is 31.5 Å². The molecule has 1 aromatic carbocycles. The summed E-state index contributed by atoms with van der Waals surface area (Å²) in [6, 6.07) is 4.49. The normalized spacial score (nSPS) is 12.5. The minimum atomic E-state index is -3.92. The molecule has 0 aliphatic heterocycles. The molecular formula is C14H19ClN2O5S. The van der Waals surface area contributed by atoms with E-state index in [4.69, 9.17) is 16.3 Å². The largest absolute Gasteiger partial charge is 0.454 e. The lowest BCUT2D eigenvalue weighted by molar-refractivity contribution is -0.149. The number of rotatable bonds is 8. The Morgan fingerprint density at radius 2 is 2.04 bits per heavy atom. The highest BCUT2D eigenvalue weighted by molar-refractivity contribution is 7.89. The minimum absolute atomic E-state index is 0.0645. The average Bonchev–Trinajstić information content (AvgIpc) is 2.50. The molecule has 7 nitrogen and oxygen atoms in total. The van der Waals surface area contributed by atoms with Crippen molar-refractivity contribution in [1.29, 1.82) is 0 Å². The average molecular weight is 363 g/mol. The second kappa shape index (κ2) is 8.85. The molecule has 0 heterocycles. The summed E-state index contributed by atoms with van der Waals surface area (Å²) in [6.45, 7) is 3.24. The van der Waals surface area contributed by atoms with Crippen LogP contribution in [0.1, 0.15) is 20.3 Å². The van der Waals surface area contributed by atoms with Crippen molar-refractivity contribution in [2.45, 2.75) is 31.2 Å². The molecule has 23 heavy (non-hydrogen) atoms. The Labute approximate surface area is 140 Å². The number of amides is 1. The van der Waals surface area contributed by atoms with Gasteiger partial charge in [-0.25, -0.2) is 8.42 Å². The summed E-state index contributed by atoms with van der Waals surface area (Å²) >= 11 is 5.75. The van der Waals surface area contributed by atoms with Crippen LogP contribution < -0.4 is 10.0 Å². The van der Waals surface area contributed by atoms with Gasteiger partial charge in [-0.1, -0.05) is 24.6 Å². The summed E-state index contributed by atoms with van der Waals surface area (Å²) in [5.41, 5.74) is 0. The first-order valence-electron chi connectivity index (χ1n) is 6.97. The lowest BCUT2D eigenvalue weighted by Gasteiger charge is -2.14. The quantitative estimate of drug-likeness (QED) is 0.674. The molecule has 0 aliphatic carbocycles. The molecule has 0 radical (unpaired) electrons. The Morgan fingerprint density at radius 1 is 1.35 bits per heavy atom. The lowest BCUT2D eigenvalue weighted by atomic mass is 10.4. The van der Waals surface area contributed by atoms with Gasteiger partial charge in [0.25, 0.3) is 5.91 Å². The molecule has 1 atom stereocenters. The first-order chi connectivity index (χ1) is 10.8. The number of ether oxygens (including phenoxy) is 1. The van der Waals surface area contributed by atoms with Gasteiger partial charge in [0.1, 0.15) is 6.04 Å². The van der Waals surface area contributed by atoms with Crippen LogP contribution in [0.2, 0.25) is 5.02 Å². The van der Waals surface area contributed by atoms with Crippen molar-refractivity contribution in [2.75, 3.05) is 13.2 Å². The van der Waals surface area contributed by atoms with E-state index in [0.29, 0.717) is 6.54 Å². The fourth-order valence-electron chi connectivity index (χ4n) is 1.56. The van der Waals surface area contributed by atoms with Crippen molar-refractivity contribution in [3.05, 3.63) is 29.3 Å². The van der Waals surface area contributed by atoms with Crippen molar-refractivity contribution >= 4 is 33.5 Å². The number of nitrogens with one attached hydrogen (secondary N) is 2. The molecule has 0 bridgehead atoms. The van der Waals surface area contributed by atoms with E-state index < -0.39 is 34.5 Å². The number of carbonyl (C=O) groups is 2. The van der Waals surface area contributed by atoms with Gasteiger partial charge in [-0.15, -0.1) is 0 Å². The van der Waals surface area contributed by atoms with Gasteiger partial charge < -0.3 is 10.1 Å². The zero-order valence-electron chi connectivity index (χ0n) is 12.8. The highest BCUT2D eigenvalue weighted by atomic mass is 35.5. The number of hydrogen-bond acceptors (Lipinski definition) is 5. The fourth-order valence-corrected chi connectivity index (χ4v) is 3.05. The Bertz CT molecular complexity index is 663. The topological polar surface area (TPSA) is 102 Å². The maximum absolute atomic E-state index is 12.1. The summed E-state index contributed by atoms with van der Waals surface area (Å²) in [5.74, 6) is -1.28. The third kappa shape index (κ3) is 6.55. The summed E-state index contributed by atoms with van der Waals surface area (Å²) in [7, 11) is -3.92. The van der Waals surface area contributed by atoms with Crippen LogP contribution in [-0.4, -0.2) is 39.5 Å². The van der Waals surface area contributed by atoms with Gasteiger partial charge in [0.05, 0.1) is 4.90 Å². The SMILES string of the molecule is CCCNC(=O)COC(=O)[C@H](C)NS(=O)(=O)c1cccc(Cl)c1. The molecule has 1 aromatic rings. The van der Waals surface area contributed by atoms with Crippen LogP contribution in [0.5, 0.6) is 0 Å². The maximum atomic E-state index is 12.1. The van der Waals surface area contributed by atoms with Gasteiger partial charge in [0, 0.05) is 11.6 Å². The molecule has 1 rings (SSSR count). The van der Waals surface area contributed by atoms with E-state index in [0.717, 1.165) is 6.42 Å². The third-order valence-electron chi connectivity index (χ3n) is 2.71. The van der Waals surface area contributed by atoms with Gasteiger partial charge in [-0.3, -0.25) is 9.59 Å².